The van der Waals surface area contributed by atoms with E-state index in [-0.39, 0.29) is 6.03 Å². The topological polar surface area (TPSA) is 58.4 Å². The summed E-state index contributed by atoms with van der Waals surface area (Å²) in [4.78, 5) is 14.0. The standard InChI is InChI=1S/C16H19N3O/c1-2-19(12-13-7-4-3-5-8-13)16(20)18-15-10-6-9-14(17)11-15/h3-11H,2,12,17H2,1H3,(H,18,20). The van der Waals surface area contributed by atoms with E-state index in [1.165, 1.54) is 0 Å². The van der Waals surface area contributed by atoms with E-state index < -0.39 is 0 Å². The fraction of sp³-hybridized carbons (Fsp3) is 0.188. The Morgan fingerprint density at radius 1 is 1.15 bits per heavy atom. The molecule has 0 aromatic heterocycles. The Kier molecular flexibility index (Phi) is 4.60. The van der Waals surface area contributed by atoms with Gasteiger partial charge >= 0.3 is 6.03 Å². The molecule has 0 fully saturated rings. The maximum atomic E-state index is 12.2. The van der Waals surface area contributed by atoms with Crippen molar-refractivity contribution in [3.05, 3.63) is 60.2 Å². The third-order valence-electron chi connectivity index (χ3n) is 3.02. The molecule has 4 heteroatoms. The van der Waals surface area contributed by atoms with Crippen LogP contribution in [0.3, 0.4) is 0 Å². The molecule has 2 amide bonds. The molecule has 0 aliphatic heterocycles. The van der Waals surface area contributed by atoms with Crippen molar-refractivity contribution < 1.29 is 4.79 Å². The quantitative estimate of drug-likeness (QED) is 0.836. The zero-order valence-electron chi connectivity index (χ0n) is 11.5. The molecule has 0 spiro atoms. The molecular formula is C16H19N3O. The number of amides is 2. The van der Waals surface area contributed by atoms with Gasteiger partial charge in [-0.15, -0.1) is 0 Å². The molecule has 2 rings (SSSR count). The first-order chi connectivity index (χ1) is 9.69. The molecule has 3 N–H and O–H groups in total. The van der Waals surface area contributed by atoms with Crippen molar-refractivity contribution in [2.45, 2.75) is 13.5 Å². The maximum Gasteiger partial charge on any atom is 0.322 e. The number of nitrogens with zero attached hydrogens (tertiary/aromatic N) is 1. The van der Waals surface area contributed by atoms with Gasteiger partial charge in [0.1, 0.15) is 0 Å². The summed E-state index contributed by atoms with van der Waals surface area (Å²) in [6.45, 7) is 3.19. The van der Waals surface area contributed by atoms with E-state index >= 15 is 0 Å². The lowest BCUT2D eigenvalue weighted by molar-refractivity contribution is 0.212. The average molecular weight is 269 g/mol. The molecule has 0 unspecified atom stereocenters. The van der Waals surface area contributed by atoms with Gasteiger partial charge in [-0.25, -0.2) is 4.79 Å². The summed E-state index contributed by atoms with van der Waals surface area (Å²) in [7, 11) is 0. The van der Waals surface area contributed by atoms with Crippen LogP contribution in [0.25, 0.3) is 0 Å². The Bertz CT molecular complexity index is 569. The van der Waals surface area contributed by atoms with Crippen LogP contribution in [-0.4, -0.2) is 17.5 Å². The van der Waals surface area contributed by atoms with E-state index in [1.807, 2.05) is 49.4 Å². The van der Waals surface area contributed by atoms with Crippen LogP contribution in [0.1, 0.15) is 12.5 Å². The second-order valence-electron chi connectivity index (χ2n) is 4.56. The monoisotopic (exact) mass is 269 g/mol. The number of hydrogen-bond donors (Lipinski definition) is 2. The molecule has 2 aromatic rings. The van der Waals surface area contributed by atoms with Gasteiger partial charge in [0.2, 0.25) is 0 Å². The van der Waals surface area contributed by atoms with Crippen LogP contribution in [0.5, 0.6) is 0 Å². The van der Waals surface area contributed by atoms with Gasteiger partial charge in [-0.1, -0.05) is 36.4 Å². The minimum Gasteiger partial charge on any atom is -0.399 e. The van der Waals surface area contributed by atoms with Gasteiger partial charge in [-0.3, -0.25) is 0 Å². The number of carbonyl (C=O) groups is 1. The van der Waals surface area contributed by atoms with Crippen LogP contribution in [0.15, 0.2) is 54.6 Å². The molecule has 0 bridgehead atoms. The van der Waals surface area contributed by atoms with Crippen LogP contribution in [0, 0.1) is 0 Å². The number of rotatable bonds is 4. The van der Waals surface area contributed by atoms with E-state index in [0.29, 0.717) is 24.5 Å². The largest absolute Gasteiger partial charge is 0.399 e. The maximum absolute atomic E-state index is 12.2. The number of urea groups is 1. The molecule has 2 aromatic carbocycles. The fourth-order valence-electron chi connectivity index (χ4n) is 1.95. The highest BCUT2D eigenvalue weighted by Crippen LogP contribution is 2.13. The van der Waals surface area contributed by atoms with Crippen molar-refractivity contribution in [1.29, 1.82) is 0 Å². The lowest BCUT2D eigenvalue weighted by Gasteiger charge is -2.21. The lowest BCUT2D eigenvalue weighted by atomic mass is 10.2. The molecule has 4 nitrogen and oxygen atoms in total. The number of hydrogen-bond acceptors (Lipinski definition) is 2. The molecule has 0 saturated carbocycles. The van der Waals surface area contributed by atoms with Crippen molar-refractivity contribution in [2.24, 2.45) is 0 Å². The normalized spacial score (nSPS) is 10.1. The fourth-order valence-corrected chi connectivity index (χ4v) is 1.95. The van der Waals surface area contributed by atoms with Crippen LogP contribution >= 0.6 is 0 Å². The van der Waals surface area contributed by atoms with Crippen molar-refractivity contribution >= 4 is 17.4 Å². The van der Waals surface area contributed by atoms with E-state index in [1.54, 1.807) is 17.0 Å². The first-order valence-electron chi connectivity index (χ1n) is 6.64. The smallest absolute Gasteiger partial charge is 0.322 e. The van der Waals surface area contributed by atoms with Gasteiger partial charge in [0, 0.05) is 24.5 Å². The molecule has 0 heterocycles. The zero-order chi connectivity index (χ0) is 14.4. The van der Waals surface area contributed by atoms with E-state index in [0.717, 1.165) is 5.56 Å². The molecule has 0 atom stereocenters. The van der Waals surface area contributed by atoms with Gasteiger partial charge in [-0.05, 0) is 30.7 Å². The third kappa shape index (κ3) is 3.75. The third-order valence-corrected chi connectivity index (χ3v) is 3.02. The second-order valence-corrected chi connectivity index (χ2v) is 4.56. The first kappa shape index (κ1) is 13.9. The van der Waals surface area contributed by atoms with Gasteiger partial charge in [-0.2, -0.15) is 0 Å². The van der Waals surface area contributed by atoms with Crippen LogP contribution in [0.2, 0.25) is 0 Å². The summed E-state index contributed by atoms with van der Waals surface area (Å²) in [6.07, 6.45) is 0. The summed E-state index contributed by atoms with van der Waals surface area (Å²) in [6, 6.07) is 17.0. The van der Waals surface area contributed by atoms with Crippen LogP contribution in [-0.2, 0) is 6.54 Å². The Balaban J connectivity index is 2.02. The minimum atomic E-state index is -0.123. The number of benzene rings is 2. The highest BCUT2D eigenvalue weighted by Gasteiger charge is 2.12. The Hall–Kier alpha value is -2.49. The summed E-state index contributed by atoms with van der Waals surface area (Å²) in [5.41, 5.74) is 8.15. The average Bonchev–Trinajstić information content (AvgIpc) is 2.45. The van der Waals surface area contributed by atoms with Crippen LogP contribution in [0.4, 0.5) is 16.2 Å². The number of nitrogens with one attached hydrogen (secondary N) is 1. The summed E-state index contributed by atoms with van der Waals surface area (Å²) < 4.78 is 0. The number of nitrogen functional groups attached to an aromatic ring is 1. The molecule has 104 valence electrons. The number of carbonyl (C=O) groups excluding carboxylic acids is 1. The summed E-state index contributed by atoms with van der Waals surface area (Å²) in [5.74, 6) is 0. The molecule has 0 saturated heterocycles. The molecule has 0 aliphatic rings. The molecule has 0 aliphatic carbocycles. The molecular weight excluding hydrogens is 250 g/mol. The highest BCUT2D eigenvalue weighted by atomic mass is 16.2. The van der Waals surface area contributed by atoms with E-state index in [4.69, 9.17) is 5.73 Å². The van der Waals surface area contributed by atoms with Crippen molar-refractivity contribution in [1.82, 2.24) is 4.90 Å². The van der Waals surface area contributed by atoms with Crippen molar-refractivity contribution in [3.8, 4) is 0 Å². The molecule has 0 radical (unpaired) electrons. The number of nitrogens with two attached hydrogens (primary N) is 1. The second kappa shape index (κ2) is 6.61. The van der Waals surface area contributed by atoms with Gasteiger partial charge in [0.15, 0.2) is 0 Å². The van der Waals surface area contributed by atoms with Gasteiger partial charge < -0.3 is 16.0 Å². The number of anilines is 2. The Morgan fingerprint density at radius 3 is 2.55 bits per heavy atom. The van der Waals surface area contributed by atoms with Gasteiger partial charge in [0.25, 0.3) is 0 Å². The minimum absolute atomic E-state index is 0.123. The van der Waals surface area contributed by atoms with Gasteiger partial charge in [0.05, 0.1) is 0 Å². The van der Waals surface area contributed by atoms with E-state index in [2.05, 4.69) is 5.32 Å². The Labute approximate surface area is 119 Å². The summed E-state index contributed by atoms with van der Waals surface area (Å²) >= 11 is 0. The molecule has 20 heavy (non-hydrogen) atoms. The highest BCUT2D eigenvalue weighted by molar-refractivity contribution is 5.89. The zero-order valence-corrected chi connectivity index (χ0v) is 11.5. The predicted molar refractivity (Wildman–Crippen MR) is 82.4 cm³/mol. The van der Waals surface area contributed by atoms with Crippen LogP contribution < -0.4 is 11.1 Å². The SMILES string of the molecule is CCN(Cc1ccccc1)C(=O)Nc1cccc(N)c1. The van der Waals surface area contributed by atoms with Crippen molar-refractivity contribution in [2.75, 3.05) is 17.6 Å². The van der Waals surface area contributed by atoms with E-state index in [9.17, 15) is 4.79 Å². The van der Waals surface area contributed by atoms with Crippen molar-refractivity contribution in [3.63, 3.8) is 0 Å². The first-order valence-corrected chi connectivity index (χ1v) is 6.64. The summed E-state index contributed by atoms with van der Waals surface area (Å²) in [5, 5.41) is 2.86. The lowest BCUT2D eigenvalue weighted by Crippen LogP contribution is -2.34. The predicted octanol–water partition coefficient (Wildman–Crippen LogP) is 3.32. The Morgan fingerprint density at radius 2 is 1.90 bits per heavy atom.